The maximum absolute atomic E-state index is 13.5. The molecule has 4 aromatic rings. The zero-order chi connectivity index (χ0) is 23.5. The molecule has 1 N–H and O–H groups in total. The molecule has 0 fully saturated rings. The quantitative estimate of drug-likeness (QED) is 0.322. The molecule has 0 saturated heterocycles. The smallest absolute Gasteiger partial charge is 0.270 e. The minimum absolute atomic E-state index is 0.0217. The average molecular weight is 461 g/mol. The van der Waals surface area contributed by atoms with Crippen molar-refractivity contribution in [3.8, 4) is 11.1 Å². The van der Waals surface area contributed by atoms with Gasteiger partial charge in [0, 0.05) is 36.2 Å². The van der Waals surface area contributed by atoms with E-state index in [1.165, 1.54) is 34.9 Å². The van der Waals surface area contributed by atoms with Crippen LogP contribution in [-0.4, -0.2) is 23.7 Å². The number of non-ortho nitro benzene ring substituents is 1. The van der Waals surface area contributed by atoms with Gasteiger partial charge in [0.05, 0.1) is 26.6 Å². The number of carbonyl (C=O) groups is 1. The third kappa shape index (κ3) is 3.11. The SMILES string of the molecule is Cn1c(=O)cc2c3c(c(NS(=O)(=O)c4cccc([N+](=O)[O-])c4)ccc31)C(=O)c1ccccc1-2. The molecule has 0 aliphatic heterocycles. The molecule has 0 amide bonds. The summed E-state index contributed by atoms with van der Waals surface area (Å²) >= 11 is 0. The van der Waals surface area contributed by atoms with Gasteiger partial charge in [-0.15, -0.1) is 0 Å². The molecule has 5 rings (SSSR count). The van der Waals surface area contributed by atoms with Crippen LogP contribution in [0, 0.1) is 10.1 Å². The summed E-state index contributed by atoms with van der Waals surface area (Å²) in [5.74, 6) is -0.390. The van der Waals surface area contributed by atoms with Gasteiger partial charge in [-0.1, -0.05) is 30.3 Å². The normalized spacial score (nSPS) is 12.5. The second kappa shape index (κ2) is 7.10. The zero-order valence-electron chi connectivity index (χ0n) is 17.1. The molecule has 1 aliphatic carbocycles. The summed E-state index contributed by atoms with van der Waals surface area (Å²) in [6.45, 7) is 0. The molecule has 0 unspecified atom stereocenters. The number of ketones is 1. The lowest BCUT2D eigenvalue weighted by Gasteiger charge is -2.23. The molecular formula is C23H15N3O6S. The third-order valence-electron chi connectivity index (χ3n) is 5.68. The molecule has 0 spiro atoms. The molecule has 0 saturated carbocycles. The van der Waals surface area contributed by atoms with Crippen molar-refractivity contribution in [3.63, 3.8) is 0 Å². The van der Waals surface area contributed by atoms with Gasteiger partial charge in [-0.2, -0.15) is 0 Å². The van der Waals surface area contributed by atoms with Gasteiger partial charge in [-0.05, 0) is 29.3 Å². The summed E-state index contributed by atoms with van der Waals surface area (Å²) in [5, 5.41) is 11.5. The van der Waals surface area contributed by atoms with Crippen LogP contribution in [0.3, 0.4) is 0 Å². The minimum atomic E-state index is -4.25. The second-order valence-corrected chi connectivity index (χ2v) is 9.25. The number of anilines is 1. The van der Waals surface area contributed by atoms with Crippen molar-refractivity contribution in [2.24, 2.45) is 7.05 Å². The Morgan fingerprint density at radius 2 is 1.64 bits per heavy atom. The number of nitrogens with one attached hydrogen (secondary N) is 1. The molecule has 164 valence electrons. The fourth-order valence-electron chi connectivity index (χ4n) is 4.11. The molecule has 1 heterocycles. The Morgan fingerprint density at radius 1 is 0.909 bits per heavy atom. The van der Waals surface area contributed by atoms with Crippen LogP contribution in [0.2, 0.25) is 0 Å². The summed E-state index contributed by atoms with van der Waals surface area (Å²) in [7, 11) is -2.68. The summed E-state index contributed by atoms with van der Waals surface area (Å²) in [6, 6.07) is 15.9. The van der Waals surface area contributed by atoms with E-state index in [2.05, 4.69) is 4.72 Å². The first kappa shape index (κ1) is 20.6. The number of nitrogens with zero attached hydrogens (tertiary/aromatic N) is 2. The predicted molar refractivity (Wildman–Crippen MR) is 122 cm³/mol. The minimum Gasteiger partial charge on any atom is -0.311 e. The van der Waals surface area contributed by atoms with Crippen LogP contribution < -0.4 is 10.3 Å². The number of nitro benzene ring substituents is 1. The molecular weight excluding hydrogens is 446 g/mol. The van der Waals surface area contributed by atoms with E-state index in [1.807, 2.05) is 0 Å². The number of benzene rings is 3. The highest BCUT2D eigenvalue weighted by molar-refractivity contribution is 7.92. The molecule has 0 radical (unpaired) electrons. The number of hydrogen-bond acceptors (Lipinski definition) is 6. The van der Waals surface area contributed by atoms with Gasteiger partial charge in [0.2, 0.25) is 0 Å². The highest BCUT2D eigenvalue weighted by atomic mass is 32.2. The molecule has 33 heavy (non-hydrogen) atoms. The Kier molecular flexibility index (Phi) is 4.43. The Hall–Kier alpha value is -4.31. The molecule has 1 aromatic heterocycles. The topological polar surface area (TPSA) is 128 Å². The van der Waals surface area contributed by atoms with Gasteiger partial charge < -0.3 is 4.57 Å². The summed E-state index contributed by atoms with van der Waals surface area (Å²) < 4.78 is 29.9. The van der Waals surface area contributed by atoms with Gasteiger partial charge in [-0.25, -0.2) is 8.42 Å². The number of aryl methyl sites for hydroxylation is 1. The van der Waals surface area contributed by atoms with Crippen LogP contribution in [0.5, 0.6) is 0 Å². The lowest BCUT2D eigenvalue weighted by Crippen LogP contribution is -2.22. The highest BCUT2D eigenvalue weighted by Gasteiger charge is 2.30. The lowest BCUT2D eigenvalue weighted by atomic mass is 9.83. The number of carbonyl (C=O) groups excluding carboxylic acids is 1. The summed E-state index contributed by atoms with van der Waals surface area (Å²) in [4.78, 5) is 36.1. The summed E-state index contributed by atoms with van der Waals surface area (Å²) in [5.41, 5.74) is 1.46. The molecule has 10 heteroatoms. The number of nitro groups is 1. The van der Waals surface area contributed by atoms with Crippen LogP contribution in [-0.2, 0) is 17.1 Å². The first-order valence-electron chi connectivity index (χ1n) is 9.77. The Labute approximate surface area is 187 Å². The highest BCUT2D eigenvalue weighted by Crippen LogP contribution is 2.41. The van der Waals surface area contributed by atoms with Crippen molar-refractivity contribution in [2.45, 2.75) is 4.90 Å². The van der Waals surface area contributed by atoms with Crippen molar-refractivity contribution in [2.75, 3.05) is 4.72 Å². The van der Waals surface area contributed by atoms with E-state index in [9.17, 15) is 28.1 Å². The number of aromatic nitrogens is 1. The number of sulfonamides is 1. The molecule has 0 bridgehead atoms. The van der Waals surface area contributed by atoms with E-state index in [4.69, 9.17) is 0 Å². The van der Waals surface area contributed by atoms with E-state index in [-0.39, 0.29) is 33.2 Å². The van der Waals surface area contributed by atoms with Crippen LogP contribution in [0.4, 0.5) is 11.4 Å². The number of rotatable bonds is 4. The Balaban J connectivity index is 1.76. The van der Waals surface area contributed by atoms with Crippen LogP contribution in [0.25, 0.3) is 22.0 Å². The fourth-order valence-corrected chi connectivity index (χ4v) is 5.22. The van der Waals surface area contributed by atoms with Crippen LogP contribution in [0.1, 0.15) is 15.9 Å². The van der Waals surface area contributed by atoms with Gasteiger partial charge in [0.15, 0.2) is 5.78 Å². The zero-order valence-corrected chi connectivity index (χ0v) is 17.9. The van der Waals surface area contributed by atoms with Gasteiger partial charge in [-0.3, -0.25) is 24.4 Å². The van der Waals surface area contributed by atoms with Crippen molar-refractivity contribution < 1.29 is 18.1 Å². The van der Waals surface area contributed by atoms with Crippen LogP contribution in [0.15, 0.2) is 76.4 Å². The first-order valence-corrected chi connectivity index (χ1v) is 11.3. The third-order valence-corrected chi connectivity index (χ3v) is 7.05. The fraction of sp³-hybridized carbons (Fsp3) is 0.0435. The monoisotopic (exact) mass is 461 g/mol. The first-order chi connectivity index (χ1) is 15.7. The molecule has 0 atom stereocenters. The summed E-state index contributed by atoms with van der Waals surface area (Å²) in [6.07, 6.45) is 0. The van der Waals surface area contributed by atoms with Crippen molar-refractivity contribution in [1.82, 2.24) is 4.57 Å². The molecule has 1 aliphatic rings. The standard InChI is InChI=1S/C23H15N3O6S/c1-25-19-10-9-18(24-33(31,32)14-6-4-5-13(11-14)26(29)30)22-21(19)17(12-20(25)27)15-7-2-3-8-16(15)23(22)28/h2-12,24H,1H3. The Morgan fingerprint density at radius 3 is 2.36 bits per heavy atom. The molecule has 9 nitrogen and oxygen atoms in total. The number of fused-ring (bicyclic) bond motifs is 2. The largest absolute Gasteiger partial charge is 0.311 e. The molecule has 3 aromatic carbocycles. The van der Waals surface area contributed by atoms with E-state index < -0.39 is 14.9 Å². The number of pyridine rings is 1. The van der Waals surface area contributed by atoms with E-state index in [0.717, 1.165) is 6.07 Å². The maximum Gasteiger partial charge on any atom is 0.270 e. The second-order valence-electron chi connectivity index (χ2n) is 7.57. The predicted octanol–water partition coefficient (Wildman–Crippen LogP) is 3.46. The van der Waals surface area contributed by atoms with Gasteiger partial charge in [0.25, 0.3) is 21.3 Å². The van der Waals surface area contributed by atoms with Gasteiger partial charge >= 0.3 is 0 Å². The van der Waals surface area contributed by atoms with Crippen molar-refractivity contribution in [1.29, 1.82) is 0 Å². The average Bonchev–Trinajstić information content (AvgIpc) is 2.80. The van der Waals surface area contributed by atoms with Crippen molar-refractivity contribution >= 4 is 38.1 Å². The van der Waals surface area contributed by atoms with E-state index in [1.54, 1.807) is 37.4 Å². The van der Waals surface area contributed by atoms with Gasteiger partial charge in [0.1, 0.15) is 0 Å². The van der Waals surface area contributed by atoms with E-state index in [0.29, 0.717) is 27.6 Å². The Bertz CT molecular complexity index is 1690. The maximum atomic E-state index is 13.5. The lowest BCUT2D eigenvalue weighted by molar-refractivity contribution is -0.385. The number of hydrogen-bond donors (Lipinski definition) is 1. The van der Waals surface area contributed by atoms with Crippen LogP contribution >= 0.6 is 0 Å². The van der Waals surface area contributed by atoms with Crippen molar-refractivity contribution in [3.05, 3.63) is 98.3 Å². The van der Waals surface area contributed by atoms with E-state index >= 15 is 0 Å².